The molecule has 0 spiro atoms. The van der Waals surface area contributed by atoms with Crippen molar-refractivity contribution in [2.24, 2.45) is 0 Å². The van der Waals surface area contributed by atoms with Gasteiger partial charge >= 0.3 is 11.9 Å². The molecule has 0 unspecified atom stereocenters. The first-order valence-corrected chi connectivity index (χ1v) is 5.60. The van der Waals surface area contributed by atoms with Crippen LogP contribution in [0.4, 0.5) is 0 Å². The zero-order valence-electron chi connectivity index (χ0n) is 9.84. The van der Waals surface area contributed by atoms with Gasteiger partial charge < -0.3 is 10.2 Å². The molecule has 0 radical (unpaired) electrons. The Kier molecular flexibility index (Phi) is 5.09. The van der Waals surface area contributed by atoms with Gasteiger partial charge in [-0.2, -0.15) is 0 Å². The van der Waals surface area contributed by atoms with Crippen molar-refractivity contribution in [3.63, 3.8) is 0 Å². The molecule has 0 amide bonds. The average molecular weight is 279 g/mol. The molecule has 1 aromatic rings. The van der Waals surface area contributed by atoms with Crippen LogP contribution >= 0.6 is 11.6 Å². The van der Waals surface area contributed by atoms with Crippen LogP contribution in [0.15, 0.2) is 59.2 Å². The van der Waals surface area contributed by atoms with Gasteiger partial charge in [0.15, 0.2) is 0 Å². The average Bonchev–Trinajstić information content (AvgIpc) is 2.34. The summed E-state index contributed by atoms with van der Waals surface area (Å²) in [7, 11) is 0. The van der Waals surface area contributed by atoms with E-state index in [1.54, 1.807) is 24.3 Å². The van der Waals surface area contributed by atoms with Gasteiger partial charge in [-0.25, -0.2) is 9.59 Å². The molecule has 4 nitrogen and oxygen atoms in total. The van der Waals surface area contributed by atoms with Gasteiger partial charge in [-0.15, -0.1) is 0 Å². The Morgan fingerprint density at radius 2 is 1.68 bits per heavy atom. The molecule has 0 atom stereocenters. The number of aliphatic carboxylic acids is 2. The van der Waals surface area contributed by atoms with Gasteiger partial charge in [0.2, 0.25) is 0 Å². The highest BCUT2D eigenvalue weighted by atomic mass is 35.5. The van der Waals surface area contributed by atoms with Crippen LogP contribution in [0.1, 0.15) is 5.56 Å². The first-order chi connectivity index (χ1) is 8.93. The zero-order valence-corrected chi connectivity index (χ0v) is 10.6. The lowest BCUT2D eigenvalue weighted by molar-refractivity contribution is -0.135. The lowest BCUT2D eigenvalue weighted by Gasteiger charge is -2.03. The van der Waals surface area contributed by atoms with E-state index in [0.29, 0.717) is 0 Å². The minimum absolute atomic E-state index is 0.331. The molecule has 0 saturated carbocycles. The molecular formula is C14H11ClO4. The summed E-state index contributed by atoms with van der Waals surface area (Å²) in [5.74, 6) is -2.82. The quantitative estimate of drug-likeness (QED) is 0.641. The van der Waals surface area contributed by atoms with E-state index in [1.807, 2.05) is 6.07 Å². The maximum absolute atomic E-state index is 11.1. The van der Waals surface area contributed by atoms with Crippen molar-refractivity contribution in [2.45, 2.75) is 0 Å². The van der Waals surface area contributed by atoms with Gasteiger partial charge in [0.25, 0.3) is 0 Å². The van der Waals surface area contributed by atoms with Crippen LogP contribution in [-0.4, -0.2) is 22.2 Å². The topological polar surface area (TPSA) is 74.6 Å². The molecule has 0 bridgehead atoms. The summed E-state index contributed by atoms with van der Waals surface area (Å²) in [6, 6.07) is 8.89. The Hall–Kier alpha value is -2.33. The molecule has 0 aliphatic heterocycles. The molecule has 0 aliphatic carbocycles. The maximum Gasteiger partial charge on any atom is 0.338 e. The number of benzene rings is 1. The van der Waals surface area contributed by atoms with E-state index < -0.39 is 23.1 Å². The van der Waals surface area contributed by atoms with Gasteiger partial charge in [-0.05, 0) is 11.6 Å². The molecule has 1 aromatic carbocycles. The standard InChI is InChI=1S/C14H11ClO4/c1-9(15)12(14(18)19)11(13(16)17)8-7-10-5-3-2-4-6-10/h2-8H,1H2,(H,16,17)(H,18,19). The van der Waals surface area contributed by atoms with Crippen LogP contribution < -0.4 is 0 Å². The third kappa shape index (κ3) is 4.12. The molecule has 0 aliphatic rings. The number of halogens is 1. The third-order valence-corrected chi connectivity index (χ3v) is 2.42. The second-order valence-corrected chi connectivity index (χ2v) is 4.00. The SMILES string of the molecule is C=C(Cl)C(C(=O)O)=C(C=Cc1ccccc1)C(=O)O. The van der Waals surface area contributed by atoms with Gasteiger partial charge in [-0.3, -0.25) is 0 Å². The summed E-state index contributed by atoms with van der Waals surface area (Å²) in [5.41, 5.74) is -0.205. The fourth-order valence-corrected chi connectivity index (χ4v) is 1.57. The van der Waals surface area contributed by atoms with Crippen molar-refractivity contribution in [2.75, 3.05) is 0 Å². The van der Waals surface area contributed by atoms with Crippen LogP contribution in [0, 0.1) is 0 Å². The molecular weight excluding hydrogens is 268 g/mol. The second-order valence-electron chi connectivity index (χ2n) is 3.55. The highest BCUT2D eigenvalue weighted by Gasteiger charge is 2.19. The van der Waals surface area contributed by atoms with Crippen LogP contribution in [0.3, 0.4) is 0 Å². The van der Waals surface area contributed by atoms with Crippen molar-refractivity contribution in [1.29, 1.82) is 0 Å². The molecule has 19 heavy (non-hydrogen) atoms. The van der Waals surface area contributed by atoms with Gasteiger partial charge in [0, 0.05) is 5.03 Å². The van der Waals surface area contributed by atoms with Crippen molar-refractivity contribution in [3.8, 4) is 0 Å². The number of carboxylic acid groups (broad SMARTS) is 2. The maximum atomic E-state index is 11.1. The summed E-state index contributed by atoms with van der Waals surface area (Å²) in [6.07, 6.45) is 2.68. The normalized spacial score (nSPS) is 12.1. The highest BCUT2D eigenvalue weighted by molar-refractivity contribution is 6.35. The summed E-state index contributed by atoms with van der Waals surface area (Å²) in [6.45, 7) is 3.26. The first-order valence-electron chi connectivity index (χ1n) is 5.22. The molecule has 2 N–H and O–H groups in total. The minimum Gasteiger partial charge on any atom is -0.478 e. The van der Waals surface area contributed by atoms with Crippen molar-refractivity contribution < 1.29 is 19.8 Å². The molecule has 1 rings (SSSR count). The van der Waals surface area contributed by atoms with E-state index in [9.17, 15) is 9.59 Å². The van der Waals surface area contributed by atoms with Crippen LogP contribution in [0.25, 0.3) is 6.08 Å². The number of hydrogen-bond acceptors (Lipinski definition) is 2. The smallest absolute Gasteiger partial charge is 0.338 e. The summed E-state index contributed by atoms with van der Waals surface area (Å²) in [4.78, 5) is 22.1. The third-order valence-electron chi connectivity index (χ3n) is 2.23. The van der Waals surface area contributed by atoms with E-state index in [2.05, 4.69) is 6.58 Å². The number of hydrogen-bond donors (Lipinski definition) is 2. The monoisotopic (exact) mass is 278 g/mol. The molecule has 0 fully saturated rings. The van der Waals surface area contributed by atoms with E-state index in [0.717, 1.165) is 5.56 Å². The van der Waals surface area contributed by atoms with Crippen LogP contribution in [0.2, 0.25) is 0 Å². The Labute approximate surface area is 114 Å². The Balaban J connectivity index is 3.26. The second kappa shape index (κ2) is 6.56. The van der Waals surface area contributed by atoms with Gasteiger partial charge in [-0.1, -0.05) is 54.6 Å². The molecule has 0 saturated heterocycles. The minimum atomic E-state index is -1.44. The molecule has 5 heteroatoms. The fourth-order valence-electron chi connectivity index (χ4n) is 1.38. The van der Waals surface area contributed by atoms with Gasteiger partial charge in [0.1, 0.15) is 0 Å². The highest BCUT2D eigenvalue weighted by Crippen LogP contribution is 2.19. The van der Waals surface area contributed by atoms with E-state index in [1.165, 1.54) is 12.2 Å². The zero-order chi connectivity index (χ0) is 14.4. The molecule has 0 aromatic heterocycles. The lowest BCUT2D eigenvalue weighted by Crippen LogP contribution is -2.10. The van der Waals surface area contributed by atoms with E-state index >= 15 is 0 Å². The predicted molar refractivity (Wildman–Crippen MR) is 72.8 cm³/mol. The molecule has 0 heterocycles. The first kappa shape index (κ1) is 14.7. The van der Waals surface area contributed by atoms with Crippen molar-refractivity contribution in [1.82, 2.24) is 0 Å². The van der Waals surface area contributed by atoms with Crippen molar-refractivity contribution in [3.05, 3.63) is 64.7 Å². The Morgan fingerprint density at radius 1 is 1.11 bits per heavy atom. The largest absolute Gasteiger partial charge is 0.478 e. The fraction of sp³-hybridized carbons (Fsp3) is 0. The Bertz CT molecular complexity index is 554. The Morgan fingerprint density at radius 3 is 2.11 bits per heavy atom. The summed E-state index contributed by atoms with van der Waals surface area (Å²) in [5, 5.41) is 17.7. The van der Waals surface area contributed by atoms with Gasteiger partial charge in [0.05, 0.1) is 11.1 Å². The lowest BCUT2D eigenvalue weighted by atomic mass is 10.1. The number of carboxylic acids is 2. The summed E-state index contributed by atoms with van der Waals surface area (Å²) < 4.78 is 0. The van der Waals surface area contributed by atoms with Crippen molar-refractivity contribution >= 4 is 29.6 Å². The number of rotatable bonds is 5. The van der Waals surface area contributed by atoms with E-state index in [-0.39, 0.29) is 5.03 Å². The predicted octanol–water partition coefficient (Wildman–Crippen LogP) is 2.92. The number of carbonyl (C=O) groups is 2. The molecule has 98 valence electrons. The van der Waals surface area contributed by atoms with Crippen LogP contribution in [-0.2, 0) is 9.59 Å². The van der Waals surface area contributed by atoms with Crippen LogP contribution in [0.5, 0.6) is 0 Å². The van der Waals surface area contributed by atoms with E-state index in [4.69, 9.17) is 21.8 Å². The summed E-state index contributed by atoms with van der Waals surface area (Å²) >= 11 is 5.53.